The van der Waals surface area contributed by atoms with Crippen molar-refractivity contribution >= 4 is 77.7 Å². The van der Waals surface area contributed by atoms with Crippen LogP contribution < -0.4 is 19.3 Å². The normalized spacial score (nSPS) is 11.3. The summed E-state index contributed by atoms with van der Waals surface area (Å²) in [4.78, 5) is 4.66. The van der Waals surface area contributed by atoms with Gasteiger partial charge in [-0.2, -0.15) is 0 Å². The zero-order chi connectivity index (χ0) is 51.8. The second kappa shape index (κ2) is 19.9. The quantitative estimate of drug-likeness (QED) is 0.115. The van der Waals surface area contributed by atoms with Crippen molar-refractivity contribution in [2.24, 2.45) is 0 Å². The Balaban J connectivity index is 0.829. The summed E-state index contributed by atoms with van der Waals surface area (Å²) in [5.74, 6) is 3.14. The number of hydrogen-bond donors (Lipinski definition) is 0. The zero-order valence-electron chi connectivity index (χ0n) is 42.5. The Morgan fingerprint density at radius 1 is 0.218 bits per heavy atom. The van der Waals surface area contributed by atoms with Crippen LogP contribution >= 0.6 is 0 Å². The van der Waals surface area contributed by atoms with Crippen molar-refractivity contribution in [3.05, 3.63) is 303 Å². The summed E-state index contributed by atoms with van der Waals surface area (Å²) in [5.41, 5.74) is 15.3. The number of aromatic nitrogens is 2. The first-order valence-electron chi connectivity index (χ1n) is 26.3. The van der Waals surface area contributed by atoms with Crippen molar-refractivity contribution in [3.63, 3.8) is 0 Å². The molecule has 6 nitrogen and oxygen atoms in total. The van der Waals surface area contributed by atoms with Gasteiger partial charge in [-0.25, -0.2) is 0 Å². The van der Waals surface area contributed by atoms with Crippen molar-refractivity contribution in [2.75, 3.05) is 9.80 Å². The molecule has 0 bridgehead atoms. The van der Waals surface area contributed by atoms with E-state index >= 15 is 0 Å². The number of hydrogen-bond acceptors (Lipinski definition) is 4. The van der Waals surface area contributed by atoms with Crippen LogP contribution in [0.5, 0.6) is 23.0 Å². The van der Waals surface area contributed by atoms with Crippen LogP contribution in [-0.2, 0) is 0 Å². The van der Waals surface area contributed by atoms with Crippen LogP contribution in [0, 0.1) is 0 Å². The Bertz CT molecular complexity index is 4100. The first-order valence-corrected chi connectivity index (χ1v) is 26.3. The van der Waals surface area contributed by atoms with Gasteiger partial charge < -0.3 is 28.4 Å². The van der Waals surface area contributed by atoms with Gasteiger partial charge >= 0.3 is 0 Å². The van der Waals surface area contributed by atoms with Crippen molar-refractivity contribution < 1.29 is 9.47 Å². The fourth-order valence-electron chi connectivity index (χ4n) is 11.0. The molecular formula is C72H50N4O2. The van der Waals surface area contributed by atoms with E-state index in [1.807, 2.05) is 84.9 Å². The number of para-hydroxylation sites is 6. The highest BCUT2D eigenvalue weighted by Crippen LogP contribution is 2.44. The lowest BCUT2D eigenvalue weighted by atomic mass is 10.0. The molecule has 0 amide bonds. The third-order valence-corrected chi connectivity index (χ3v) is 14.6. The standard InChI is InChI=1S/C72H50N4O2/c1-5-17-53(18-6-1)75-69-27-15-13-25-65(69)67-49-59(41-47-71(67)75)73(57-37-43-63(44-38-57)77-61-21-9-3-10-22-61)55-33-29-51(30-34-55)52-31-35-56(36-32-52)74(58-39-45-64(46-40-58)78-62-23-11-4-12-24-62)60-42-48-72-68(50-60)66-26-14-16-28-70(66)76(72)54-19-7-2-8-20-54/h1-50H. The molecule has 0 aliphatic heterocycles. The van der Waals surface area contributed by atoms with Gasteiger partial charge in [-0.05, 0) is 181 Å². The van der Waals surface area contributed by atoms with Crippen molar-refractivity contribution in [2.45, 2.75) is 0 Å². The van der Waals surface area contributed by atoms with Gasteiger partial charge in [0.05, 0.1) is 22.1 Å². The van der Waals surface area contributed by atoms with Gasteiger partial charge in [0.2, 0.25) is 0 Å². The molecule has 0 N–H and O–H groups in total. The molecule has 0 unspecified atom stereocenters. The number of anilines is 6. The second-order valence-corrected chi connectivity index (χ2v) is 19.4. The average Bonchev–Trinajstić information content (AvgIpc) is 4.10. The van der Waals surface area contributed by atoms with E-state index in [0.717, 1.165) is 90.7 Å². The number of rotatable bonds is 13. The molecule has 0 saturated heterocycles. The Labute approximate surface area is 452 Å². The van der Waals surface area contributed by atoms with E-state index in [4.69, 9.17) is 9.47 Å². The molecule has 0 aliphatic rings. The molecule has 0 spiro atoms. The molecular weight excluding hydrogens is 953 g/mol. The summed E-state index contributed by atoms with van der Waals surface area (Å²) in [6, 6.07) is 107. The van der Waals surface area contributed by atoms with Gasteiger partial charge in [0.1, 0.15) is 23.0 Å². The highest BCUT2D eigenvalue weighted by Gasteiger charge is 2.20. The van der Waals surface area contributed by atoms with Crippen LogP contribution in [0.25, 0.3) is 66.1 Å². The summed E-state index contributed by atoms with van der Waals surface area (Å²) in [5, 5.41) is 4.77. The lowest BCUT2D eigenvalue weighted by Gasteiger charge is -2.27. The van der Waals surface area contributed by atoms with Gasteiger partial charge in [-0.3, -0.25) is 0 Å². The van der Waals surface area contributed by atoms with Gasteiger partial charge in [0.25, 0.3) is 0 Å². The molecule has 0 aliphatic carbocycles. The van der Waals surface area contributed by atoms with Crippen LogP contribution in [0.15, 0.2) is 303 Å². The lowest BCUT2D eigenvalue weighted by molar-refractivity contribution is 0.482. The molecule has 0 saturated carbocycles. The van der Waals surface area contributed by atoms with Gasteiger partial charge in [0.15, 0.2) is 0 Å². The Morgan fingerprint density at radius 3 is 0.872 bits per heavy atom. The Kier molecular flexibility index (Phi) is 11.8. The monoisotopic (exact) mass is 1000 g/mol. The Morgan fingerprint density at radius 2 is 0.500 bits per heavy atom. The zero-order valence-corrected chi connectivity index (χ0v) is 42.5. The van der Waals surface area contributed by atoms with E-state index in [2.05, 4.69) is 237 Å². The number of ether oxygens (including phenoxy) is 2. The van der Waals surface area contributed by atoms with E-state index in [-0.39, 0.29) is 0 Å². The lowest BCUT2D eigenvalue weighted by Crippen LogP contribution is -2.10. The number of fused-ring (bicyclic) bond motifs is 6. The van der Waals surface area contributed by atoms with Crippen LogP contribution in [0.4, 0.5) is 34.1 Å². The maximum Gasteiger partial charge on any atom is 0.127 e. The molecule has 12 aromatic carbocycles. The summed E-state index contributed by atoms with van der Waals surface area (Å²) in [7, 11) is 0. The second-order valence-electron chi connectivity index (χ2n) is 19.4. The molecule has 6 heteroatoms. The first-order chi connectivity index (χ1) is 38.7. The average molecular weight is 1000 g/mol. The smallest absolute Gasteiger partial charge is 0.127 e. The Hall–Kier alpha value is -10.6. The van der Waals surface area contributed by atoms with E-state index in [1.54, 1.807) is 0 Å². The number of benzene rings is 12. The minimum absolute atomic E-state index is 0.772. The molecule has 0 radical (unpaired) electrons. The van der Waals surface area contributed by atoms with Crippen LogP contribution in [0.1, 0.15) is 0 Å². The fraction of sp³-hybridized carbons (Fsp3) is 0. The minimum atomic E-state index is 0.772. The summed E-state index contributed by atoms with van der Waals surface area (Å²) >= 11 is 0. The predicted molar refractivity (Wildman–Crippen MR) is 323 cm³/mol. The minimum Gasteiger partial charge on any atom is -0.457 e. The summed E-state index contributed by atoms with van der Waals surface area (Å²) in [6.45, 7) is 0. The number of nitrogens with zero attached hydrogens (tertiary/aromatic N) is 4. The van der Waals surface area contributed by atoms with Crippen LogP contribution in [0.3, 0.4) is 0 Å². The molecule has 0 fully saturated rings. The van der Waals surface area contributed by atoms with Gasteiger partial charge in [-0.15, -0.1) is 0 Å². The third-order valence-electron chi connectivity index (χ3n) is 14.6. The SMILES string of the molecule is c1ccc(Oc2ccc(N(c3ccc(-c4ccc(N(c5ccc(Oc6ccccc6)cc5)c5ccc6c(c5)c5ccccc5n6-c5ccccc5)cc4)cc3)c3ccc4c(c3)c3ccccc3n4-c3ccccc3)cc2)cc1. The topological polar surface area (TPSA) is 34.8 Å². The van der Waals surface area contributed by atoms with Gasteiger partial charge in [0, 0.05) is 67.0 Å². The van der Waals surface area contributed by atoms with E-state index in [0.29, 0.717) is 0 Å². The summed E-state index contributed by atoms with van der Waals surface area (Å²) in [6.07, 6.45) is 0. The van der Waals surface area contributed by atoms with Crippen LogP contribution in [0.2, 0.25) is 0 Å². The van der Waals surface area contributed by atoms with Crippen molar-refractivity contribution in [3.8, 4) is 45.5 Å². The molecule has 14 aromatic rings. The van der Waals surface area contributed by atoms with E-state index < -0.39 is 0 Å². The van der Waals surface area contributed by atoms with Crippen molar-refractivity contribution in [1.82, 2.24) is 9.13 Å². The van der Waals surface area contributed by atoms with E-state index in [9.17, 15) is 0 Å². The highest BCUT2D eigenvalue weighted by molar-refractivity contribution is 6.12. The molecule has 2 heterocycles. The van der Waals surface area contributed by atoms with Gasteiger partial charge in [-0.1, -0.05) is 133 Å². The molecule has 2 aromatic heterocycles. The fourth-order valence-corrected chi connectivity index (χ4v) is 11.0. The largest absolute Gasteiger partial charge is 0.457 e. The van der Waals surface area contributed by atoms with Crippen molar-refractivity contribution in [1.29, 1.82) is 0 Å². The molecule has 14 rings (SSSR count). The molecule has 78 heavy (non-hydrogen) atoms. The van der Waals surface area contributed by atoms with Crippen LogP contribution in [-0.4, -0.2) is 9.13 Å². The predicted octanol–water partition coefficient (Wildman–Crippen LogP) is 20.1. The maximum absolute atomic E-state index is 6.26. The first kappa shape index (κ1) is 46.0. The molecule has 370 valence electrons. The highest BCUT2D eigenvalue weighted by atomic mass is 16.5. The third kappa shape index (κ3) is 8.63. The summed E-state index contributed by atoms with van der Waals surface area (Å²) < 4.78 is 17.2. The van der Waals surface area contributed by atoms with E-state index in [1.165, 1.54) is 32.6 Å². The maximum atomic E-state index is 6.26. The molecule has 0 atom stereocenters.